The second-order valence-electron chi connectivity index (χ2n) is 10.5. The second kappa shape index (κ2) is 13.9. The van der Waals surface area contributed by atoms with Crippen LogP contribution in [-0.4, -0.2) is 55.3 Å². The molecule has 0 aliphatic carbocycles. The van der Waals surface area contributed by atoms with Crippen LogP contribution in [0.3, 0.4) is 0 Å². The van der Waals surface area contributed by atoms with Crippen LogP contribution in [0.25, 0.3) is 23.2 Å². The van der Waals surface area contributed by atoms with Gasteiger partial charge in [-0.3, -0.25) is 0 Å². The van der Waals surface area contributed by atoms with E-state index in [9.17, 15) is 0 Å². The fourth-order valence-electron chi connectivity index (χ4n) is 5.41. The first-order valence-electron chi connectivity index (χ1n) is 14.4. The van der Waals surface area contributed by atoms with Crippen LogP contribution in [0.15, 0.2) is 72.8 Å². The van der Waals surface area contributed by atoms with Crippen molar-refractivity contribution in [1.29, 1.82) is 0 Å². The van der Waals surface area contributed by atoms with E-state index in [4.69, 9.17) is 19.4 Å². The third-order valence-corrected chi connectivity index (χ3v) is 7.78. The van der Waals surface area contributed by atoms with Gasteiger partial charge in [0.2, 0.25) is 0 Å². The number of nitrogens with zero attached hydrogens (tertiary/aromatic N) is 3. The first kappa shape index (κ1) is 27.7. The Balaban J connectivity index is 1.18. The van der Waals surface area contributed by atoms with Crippen LogP contribution in [0.1, 0.15) is 42.5 Å². The normalized spacial score (nSPS) is 14.6. The Kier molecular flexibility index (Phi) is 9.64. The van der Waals surface area contributed by atoms with Crippen molar-refractivity contribution in [2.24, 2.45) is 5.92 Å². The standard InChI is InChI=1S/C34H40N4O2/c1-39-32-24-30-31(25-33(32)40-2)37-34(29(36-30)16-15-26-10-5-3-6-11-26)35-20-9-14-28-18-22-38(23-19-28)21-17-27-12-7-4-8-13-27/h3-8,10-13,15-16,24-25,28H,9,14,17-23H2,1-2H3,(H,35,37)/b16-15+. The van der Waals surface area contributed by atoms with Crippen molar-refractivity contribution in [2.75, 3.05) is 45.7 Å². The van der Waals surface area contributed by atoms with E-state index < -0.39 is 0 Å². The molecule has 6 nitrogen and oxygen atoms in total. The summed E-state index contributed by atoms with van der Waals surface area (Å²) in [5, 5.41) is 3.59. The molecule has 0 spiro atoms. The molecule has 40 heavy (non-hydrogen) atoms. The zero-order valence-electron chi connectivity index (χ0n) is 23.7. The van der Waals surface area contributed by atoms with E-state index in [-0.39, 0.29) is 0 Å². The highest BCUT2D eigenvalue weighted by molar-refractivity contribution is 5.84. The Morgan fingerprint density at radius 1 is 0.850 bits per heavy atom. The second-order valence-corrected chi connectivity index (χ2v) is 10.5. The average Bonchev–Trinajstić information content (AvgIpc) is 3.01. The zero-order valence-corrected chi connectivity index (χ0v) is 23.7. The lowest BCUT2D eigenvalue weighted by Crippen LogP contribution is -2.35. The zero-order chi connectivity index (χ0) is 27.6. The van der Waals surface area contributed by atoms with Gasteiger partial charge in [0.15, 0.2) is 17.3 Å². The maximum atomic E-state index is 5.50. The largest absolute Gasteiger partial charge is 0.493 e. The van der Waals surface area contributed by atoms with Crippen LogP contribution < -0.4 is 14.8 Å². The van der Waals surface area contributed by atoms with E-state index in [0.717, 1.165) is 60.0 Å². The number of rotatable bonds is 12. The number of aromatic nitrogens is 2. The minimum Gasteiger partial charge on any atom is -0.493 e. The molecule has 0 unspecified atom stereocenters. The SMILES string of the molecule is COc1cc2nc(/C=C/c3ccccc3)c(NCCCC3CCN(CCc4ccccc4)CC3)nc2cc1OC. The lowest BCUT2D eigenvalue weighted by molar-refractivity contribution is 0.180. The number of benzene rings is 3. The molecule has 0 amide bonds. The van der Waals surface area contributed by atoms with Crippen molar-refractivity contribution in [3.63, 3.8) is 0 Å². The molecule has 0 bridgehead atoms. The molecule has 3 aromatic carbocycles. The number of ether oxygens (including phenoxy) is 2. The summed E-state index contributed by atoms with van der Waals surface area (Å²) in [6.07, 6.45) is 10.2. The summed E-state index contributed by atoms with van der Waals surface area (Å²) >= 11 is 0. The van der Waals surface area contributed by atoms with Crippen LogP contribution in [0.4, 0.5) is 5.82 Å². The minimum atomic E-state index is 0.647. The van der Waals surface area contributed by atoms with Gasteiger partial charge in [0.1, 0.15) is 5.69 Å². The minimum absolute atomic E-state index is 0.647. The summed E-state index contributed by atoms with van der Waals surface area (Å²) in [5.41, 5.74) is 4.92. The van der Waals surface area contributed by atoms with Gasteiger partial charge in [-0.25, -0.2) is 9.97 Å². The van der Waals surface area contributed by atoms with E-state index in [2.05, 4.69) is 58.8 Å². The third kappa shape index (κ3) is 7.39. The van der Waals surface area contributed by atoms with Crippen molar-refractivity contribution in [3.8, 4) is 11.5 Å². The van der Waals surface area contributed by atoms with Crippen LogP contribution >= 0.6 is 0 Å². The summed E-state index contributed by atoms with van der Waals surface area (Å²) in [4.78, 5) is 12.5. The molecule has 1 aliphatic rings. The Hall–Kier alpha value is -3.90. The fraction of sp³-hybridized carbons (Fsp3) is 0.353. The van der Waals surface area contributed by atoms with Crippen molar-refractivity contribution >= 4 is 29.0 Å². The Morgan fingerprint density at radius 3 is 2.17 bits per heavy atom. The third-order valence-electron chi connectivity index (χ3n) is 7.78. The predicted molar refractivity (Wildman–Crippen MR) is 165 cm³/mol. The predicted octanol–water partition coefficient (Wildman–Crippen LogP) is 6.96. The fourth-order valence-corrected chi connectivity index (χ4v) is 5.41. The van der Waals surface area contributed by atoms with Crippen LogP contribution in [0.5, 0.6) is 11.5 Å². The van der Waals surface area contributed by atoms with Gasteiger partial charge in [0.05, 0.1) is 25.3 Å². The Morgan fingerprint density at radius 2 is 1.50 bits per heavy atom. The van der Waals surface area contributed by atoms with Crippen molar-refractivity contribution < 1.29 is 9.47 Å². The topological polar surface area (TPSA) is 59.5 Å². The summed E-state index contributed by atoms with van der Waals surface area (Å²) in [6, 6.07) is 24.9. The van der Waals surface area contributed by atoms with Gasteiger partial charge in [-0.05, 0) is 68.3 Å². The maximum Gasteiger partial charge on any atom is 0.163 e. The summed E-state index contributed by atoms with van der Waals surface area (Å²) in [7, 11) is 3.28. The number of hydrogen-bond acceptors (Lipinski definition) is 6. The lowest BCUT2D eigenvalue weighted by Gasteiger charge is -2.32. The highest BCUT2D eigenvalue weighted by atomic mass is 16.5. The van der Waals surface area contributed by atoms with Gasteiger partial charge in [-0.1, -0.05) is 66.7 Å². The van der Waals surface area contributed by atoms with Crippen molar-refractivity contribution in [3.05, 3.63) is 89.6 Å². The van der Waals surface area contributed by atoms with E-state index >= 15 is 0 Å². The number of anilines is 1. The number of nitrogens with one attached hydrogen (secondary N) is 1. The van der Waals surface area contributed by atoms with E-state index in [1.165, 1.54) is 37.9 Å². The van der Waals surface area contributed by atoms with Gasteiger partial charge in [0, 0.05) is 25.2 Å². The quantitative estimate of drug-likeness (QED) is 0.198. The molecule has 4 aromatic rings. The molecule has 6 heteroatoms. The summed E-state index contributed by atoms with van der Waals surface area (Å²) < 4.78 is 11.0. The first-order valence-corrected chi connectivity index (χ1v) is 14.4. The smallest absolute Gasteiger partial charge is 0.163 e. The number of hydrogen-bond donors (Lipinski definition) is 1. The molecule has 0 atom stereocenters. The van der Waals surface area contributed by atoms with Gasteiger partial charge < -0.3 is 19.7 Å². The van der Waals surface area contributed by atoms with Crippen molar-refractivity contribution in [2.45, 2.75) is 32.1 Å². The monoisotopic (exact) mass is 536 g/mol. The first-order chi connectivity index (χ1) is 19.7. The van der Waals surface area contributed by atoms with E-state index in [0.29, 0.717) is 11.5 Å². The molecule has 0 saturated carbocycles. The molecule has 208 valence electrons. The molecule has 5 rings (SSSR count). The van der Waals surface area contributed by atoms with E-state index in [1.54, 1.807) is 14.2 Å². The molecule has 1 N–H and O–H groups in total. The number of methoxy groups -OCH3 is 2. The molecule has 1 fully saturated rings. The number of piperidine rings is 1. The lowest BCUT2D eigenvalue weighted by atomic mass is 9.92. The summed E-state index contributed by atoms with van der Waals surface area (Å²) in [6.45, 7) is 4.45. The highest BCUT2D eigenvalue weighted by Gasteiger charge is 2.19. The Bertz CT molecular complexity index is 1380. The number of likely N-dealkylation sites (tertiary alicyclic amines) is 1. The van der Waals surface area contributed by atoms with Gasteiger partial charge in [-0.2, -0.15) is 0 Å². The molecule has 1 saturated heterocycles. The maximum absolute atomic E-state index is 5.50. The summed E-state index contributed by atoms with van der Waals surface area (Å²) in [5.74, 6) is 2.89. The molecular formula is C34H40N4O2. The van der Waals surface area contributed by atoms with Crippen LogP contribution in [0.2, 0.25) is 0 Å². The van der Waals surface area contributed by atoms with Gasteiger partial charge in [0.25, 0.3) is 0 Å². The molecule has 1 aromatic heterocycles. The average molecular weight is 537 g/mol. The van der Waals surface area contributed by atoms with Gasteiger partial charge in [-0.15, -0.1) is 0 Å². The van der Waals surface area contributed by atoms with Crippen LogP contribution in [-0.2, 0) is 6.42 Å². The van der Waals surface area contributed by atoms with Gasteiger partial charge >= 0.3 is 0 Å². The highest BCUT2D eigenvalue weighted by Crippen LogP contribution is 2.32. The van der Waals surface area contributed by atoms with Crippen molar-refractivity contribution in [1.82, 2.24) is 14.9 Å². The molecular weight excluding hydrogens is 496 g/mol. The molecule has 0 radical (unpaired) electrons. The molecule has 1 aliphatic heterocycles. The number of fused-ring (bicyclic) bond motifs is 1. The van der Waals surface area contributed by atoms with E-state index in [1.807, 2.05) is 36.4 Å². The van der Waals surface area contributed by atoms with Crippen LogP contribution in [0, 0.1) is 5.92 Å². The Labute approximate surface area is 238 Å². The molecule has 2 heterocycles.